The van der Waals surface area contributed by atoms with Crippen molar-refractivity contribution in [2.24, 2.45) is 0 Å². The van der Waals surface area contributed by atoms with Crippen LogP contribution in [0.2, 0.25) is 0 Å². The summed E-state index contributed by atoms with van der Waals surface area (Å²) in [6, 6.07) is -0.653. The Balaban J connectivity index is 2.76. The van der Waals surface area contributed by atoms with Crippen molar-refractivity contribution in [2.75, 3.05) is 20.3 Å². The van der Waals surface area contributed by atoms with Crippen LogP contribution >= 0.6 is 0 Å². The van der Waals surface area contributed by atoms with Crippen LogP contribution in [0.1, 0.15) is 33.6 Å². The molecule has 0 aromatic rings. The molecule has 7 nitrogen and oxygen atoms in total. The molecule has 1 fully saturated rings. The molecule has 1 aliphatic heterocycles. The maximum absolute atomic E-state index is 12.0. The van der Waals surface area contributed by atoms with Crippen molar-refractivity contribution in [3.8, 4) is 0 Å². The van der Waals surface area contributed by atoms with Crippen LogP contribution in [0.4, 0.5) is 4.79 Å². The van der Waals surface area contributed by atoms with Gasteiger partial charge in [0.15, 0.2) is 0 Å². The van der Waals surface area contributed by atoms with Crippen LogP contribution in [0.25, 0.3) is 0 Å². The number of carbonyl (C=O) groups is 3. The maximum atomic E-state index is 12.0. The van der Waals surface area contributed by atoms with Crippen molar-refractivity contribution in [1.82, 2.24) is 15.5 Å². The number of nitrogens with one attached hydrogen (secondary N) is 2. The molecule has 1 atom stereocenters. The summed E-state index contributed by atoms with van der Waals surface area (Å²) in [5.74, 6) is -0.629. The van der Waals surface area contributed by atoms with Crippen molar-refractivity contribution in [1.29, 1.82) is 0 Å². The summed E-state index contributed by atoms with van der Waals surface area (Å²) >= 11 is 0. The average molecular weight is 285 g/mol. The van der Waals surface area contributed by atoms with Gasteiger partial charge in [-0.15, -0.1) is 0 Å². The van der Waals surface area contributed by atoms with E-state index >= 15 is 0 Å². The van der Waals surface area contributed by atoms with Crippen LogP contribution in [0.5, 0.6) is 0 Å². The van der Waals surface area contributed by atoms with E-state index in [1.807, 2.05) is 20.8 Å². The summed E-state index contributed by atoms with van der Waals surface area (Å²) in [4.78, 5) is 37.1. The van der Waals surface area contributed by atoms with E-state index in [1.54, 1.807) is 7.11 Å². The summed E-state index contributed by atoms with van der Waals surface area (Å²) in [5, 5.41) is 5.02. The minimum atomic E-state index is -0.918. The summed E-state index contributed by atoms with van der Waals surface area (Å²) < 4.78 is 4.93. The van der Waals surface area contributed by atoms with Gasteiger partial charge in [0, 0.05) is 13.2 Å². The first-order valence-corrected chi connectivity index (χ1v) is 6.82. The van der Waals surface area contributed by atoms with Crippen LogP contribution in [-0.2, 0) is 14.3 Å². The molecule has 114 valence electrons. The van der Waals surface area contributed by atoms with E-state index in [1.165, 1.54) is 4.90 Å². The Morgan fingerprint density at radius 1 is 1.40 bits per heavy atom. The molecule has 1 aliphatic rings. The fraction of sp³-hybridized carbons (Fsp3) is 0.769. The number of hydrogen-bond donors (Lipinski definition) is 2. The van der Waals surface area contributed by atoms with Crippen LogP contribution in [0, 0.1) is 0 Å². The Labute approximate surface area is 119 Å². The predicted octanol–water partition coefficient (Wildman–Crippen LogP) is 0.248. The fourth-order valence-electron chi connectivity index (χ4n) is 2.53. The molecule has 2 N–H and O–H groups in total. The number of imide groups is 1. The van der Waals surface area contributed by atoms with Crippen LogP contribution in [0.15, 0.2) is 0 Å². The summed E-state index contributed by atoms with van der Waals surface area (Å²) in [6.45, 7) is 5.74. The van der Waals surface area contributed by atoms with Crippen molar-refractivity contribution >= 4 is 17.8 Å². The minimum absolute atomic E-state index is 0.132. The lowest BCUT2D eigenvalue weighted by molar-refractivity contribution is -0.129. The van der Waals surface area contributed by atoms with Gasteiger partial charge in [-0.25, -0.2) is 4.79 Å². The molecular weight excluding hydrogens is 262 g/mol. The highest BCUT2D eigenvalue weighted by Crippen LogP contribution is 2.28. The second kappa shape index (κ2) is 6.69. The van der Waals surface area contributed by atoms with Crippen molar-refractivity contribution in [3.63, 3.8) is 0 Å². The third-order valence-electron chi connectivity index (χ3n) is 3.70. The number of rotatable bonds is 7. The highest BCUT2D eigenvalue weighted by Gasteiger charge is 2.50. The van der Waals surface area contributed by atoms with Gasteiger partial charge in [-0.05, 0) is 19.8 Å². The number of hydrogen-bond acceptors (Lipinski definition) is 4. The SMILES string of the molecule is CCC1(CC)C(=O)NC(=O)N1CC(=O)NC(C)COC. The highest BCUT2D eigenvalue weighted by molar-refractivity contribution is 6.08. The largest absolute Gasteiger partial charge is 0.383 e. The zero-order chi connectivity index (χ0) is 15.3. The predicted molar refractivity (Wildman–Crippen MR) is 73.0 cm³/mol. The van der Waals surface area contributed by atoms with E-state index in [0.29, 0.717) is 19.4 Å². The van der Waals surface area contributed by atoms with Gasteiger partial charge in [0.1, 0.15) is 12.1 Å². The number of methoxy groups -OCH3 is 1. The molecular formula is C13H23N3O4. The van der Waals surface area contributed by atoms with E-state index in [4.69, 9.17) is 4.74 Å². The normalized spacial score (nSPS) is 18.9. The van der Waals surface area contributed by atoms with E-state index < -0.39 is 11.6 Å². The molecule has 0 bridgehead atoms. The third kappa shape index (κ3) is 3.09. The van der Waals surface area contributed by atoms with Crippen LogP contribution in [0.3, 0.4) is 0 Å². The first kappa shape index (κ1) is 16.4. The van der Waals surface area contributed by atoms with Crippen molar-refractivity contribution in [2.45, 2.75) is 45.2 Å². The lowest BCUT2D eigenvalue weighted by Crippen LogP contribution is -2.53. The summed E-state index contributed by atoms with van der Waals surface area (Å²) in [7, 11) is 1.55. The van der Waals surface area contributed by atoms with Gasteiger partial charge in [0.05, 0.1) is 6.61 Å². The number of nitrogens with zero attached hydrogens (tertiary/aromatic N) is 1. The number of ether oxygens (including phenoxy) is 1. The molecule has 4 amide bonds. The zero-order valence-electron chi connectivity index (χ0n) is 12.5. The second-order valence-corrected chi connectivity index (χ2v) is 5.01. The Bertz CT molecular complexity index is 393. The molecule has 0 spiro atoms. The molecule has 20 heavy (non-hydrogen) atoms. The molecule has 1 unspecified atom stereocenters. The number of carbonyl (C=O) groups excluding carboxylic acids is 3. The third-order valence-corrected chi connectivity index (χ3v) is 3.70. The topological polar surface area (TPSA) is 87.7 Å². The first-order chi connectivity index (χ1) is 9.41. The molecule has 1 saturated heterocycles. The zero-order valence-corrected chi connectivity index (χ0v) is 12.5. The van der Waals surface area contributed by atoms with Crippen LogP contribution < -0.4 is 10.6 Å². The lowest BCUT2D eigenvalue weighted by atomic mass is 9.91. The Morgan fingerprint density at radius 3 is 2.50 bits per heavy atom. The summed E-state index contributed by atoms with van der Waals surface area (Å²) in [5.41, 5.74) is -0.918. The van der Waals surface area contributed by atoms with E-state index in [0.717, 1.165) is 0 Å². The lowest BCUT2D eigenvalue weighted by Gasteiger charge is -2.33. The van der Waals surface area contributed by atoms with Gasteiger partial charge in [0.25, 0.3) is 5.91 Å². The molecule has 1 heterocycles. The standard InChI is InChI=1S/C13H23N3O4/c1-5-13(6-2)11(18)15-12(19)16(13)7-10(17)14-9(3)8-20-4/h9H,5-8H2,1-4H3,(H,14,17)(H,15,18,19). The Hall–Kier alpha value is -1.63. The Morgan fingerprint density at radius 2 is 2.00 bits per heavy atom. The monoisotopic (exact) mass is 285 g/mol. The van der Waals surface area contributed by atoms with Gasteiger partial charge in [0.2, 0.25) is 5.91 Å². The molecule has 0 aliphatic carbocycles. The van der Waals surface area contributed by atoms with Gasteiger partial charge < -0.3 is 15.0 Å². The molecule has 0 saturated carbocycles. The Kier molecular flexibility index (Phi) is 5.50. The van der Waals surface area contributed by atoms with Gasteiger partial charge in [-0.3, -0.25) is 14.9 Å². The molecule has 0 aromatic heterocycles. The van der Waals surface area contributed by atoms with Crippen molar-refractivity contribution < 1.29 is 19.1 Å². The van der Waals surface area contributed by atoms with Gasteiger partial charge in [-0.2, -0.15) is 0 Å². The van der Waals surface area contributed by atoms with Gasteiger partial charge in [-0.1, -0.05) is 13.8 Å². The maximum Gasteiger partial charge on any atom is 0.325 e. The smallest absolute Gasteiger partial charge is 0.325 e. The molecule has 7 heteroatoms. The van der Waals surface area contributed by atoms with Gasteiger partial charge >= 0.3 is 6.03 Å². The second-order valence-electron chi connectivity index (χ2n) is 5.01. The van der Waals surface area contributed by atoms with E-state index in [-0.39, 0.29) is 24.4 Å². The van der Waals surface area contributed by atoms with E-state index in [9.17, 15) is 14.4 Å². The average Bonchev–Trinajstić information content (AvgIpc) is 2.61. The minimum Gasteiger partial charge on any atom is -0.383 e. The van der Waals surface area contributed by atoms with E-state index in [2.05, 4.69) is 10.6 Å². The summed E-state index contributed by atoms with van der Waals surface area (Å²) in [6.07, 6.45) is 0.948. The molecule has 0 radical (unpaired) electrons. The molecule has 0 aromatic carbocycles. The quantitative estimate of drug-likeness (QED) is 0.656. The number of urea groups is 1. The number of amides is 4. The fourth-order valence-corrected chi connectivity index (χ4v) is 2.53. The molecule has 1 rings (SSSR count). The first-order valence-electron chi connectivity index (χ1n) is 6.82. The highest BCUT2D eigenvalue weighted by atomic mass is 16.5. The van der Waals surface area contributed by atoms with Crippen molar-refractivity contribution in [3.05, 3.63) is 0 Å². The van der Waals surface area contributed by atoms with Crippen LogP contribution in [-0.4, -0.2) is 54.6 Å².